The monoisotopic (exact) mass is 235 g/mol. The maximum absolute atomic E-state index is 5.77. The molecule has 1 fully saturated rings. The van der Waals surface area contributed by atoms with Crippen molar-refractivity contribution in [2.24, 2.45) is 5.92 Å². The topological polar surface area (TPSA) is 56.3 Å². The molecule has 2 heterocycles. The zero-order chi connectivity index (χ0) is 11.7. The maximum atomic E-state index is 5.77. The zero-order valence-electron chi connectivity index (χ0n) is 9.98. The van der Waals surface area contributed by atoms with Gasteiger partial charge in [0.25, 0.3) is 0 Å². The van der Waals surface area contributed by atoms with Crippen LogP contribution in [0.1, 0.15) is 25.5 Å². The quantitative estimate of drug-likeness (QED) is 0.851. The van der Waals surface area contributed by atoms with E-state index in [9.17, 15) is 0 Å². The Kier molecular flexibility index (Phi) is 2.84. The minimum absolute atomic E-state index is 0.228. The van der Waals surface area contributed by atoms with Gasteiger partial charge in [0.15, 0.2) is 0 Å². The van der Waals surface area contributed by atoms with Gasteiger partial charge < -0.3 is 14.8 Å². The summed E-state index contributed by atoms with van der Waals surface area (Å²) in [6.07, 6.45) is 4.44. The second-order valence-corrected chi connectivity index (χ2v) is 4.65. The van der Waals surface area contributed by atoms with Gasteiger partial charge in [-0.05, 0) is 25.7 Å². The molecule has 1 aliphatic carbocycles. The van der Waals surface area contributed by atoms with E-state index in [0.29, 0.717) is 30.8 Å². The van der Waals surface area contributed by atoms with Crippen LogP contribution in [0.4, 0.5) is 0 Å². The lowest BCUT2D eigenvalue weighted by atomic mass is 10.3. The van der Waals surface area contributed by atoms with Crippen molar-refractivity contribution >= 4 is 0 Å². The summed E-state index contributed by atoms with van der Waals surface area (Å²) in [5.41, 5.74) is 0.855. The van der Waals surface area contributed by atoms with E-state index in [0.717, 1.165) is 12.2 Å². The second kappa shape index (κ2) is 4.49. The first kappa shape index (κ1) is 10.8. The first-order valence-electron chi connectivity index (χ1n) is 6.19. The number of fused-ring (bicyclic) bond motifs is 1. The molecule has 5 heteroatoms. The molecule has 1 saturated carbocycles. The minimum Gasteiger partial charge on any atom is -0.475 e. The molecule has 0 unspecified atom stereocenters. The predicted octanol–water partition coefficient (Wildman–Crippen LogP) is 1.14. The molecular formula is C12H17N3O2. The lowest BCUT2D eigenvalue weighted by Gasteiger charge is -2.13. The molecular weight excluding hydrogens is 218 g/mol. The van der Waals surface area contributed by atoms with Gasteiger partial charge >= 0.3 is 0 Å². The first-order valence-corrected chi connectivity index (χ1v) is 6.19. The second-order valence-electron chi connectivity index (χ2n) is 4.65. The Morgan fingerprint density at radius 3 is 3.24 bits per heavy atom. The molecule has 1 aromatic rings. The summed E-state index contributed by atoms with van der Waals surface area (Å²) < 4.78 is 11.3. The van der Waals surface area contributed by atoms with Crippen molar-refractivity contribution in [3.63, 3.8) is 0 Å². The standard InChI is InChI=1S/C12H17N3O2/c1-8(9-2-3-9)17-11-7-14-10-6-13-4-5-16-12(10)15-11/h7-9,13H,2-6H2,1H3/t8-/m1/s1. The van der Waals surface area contributed by atoms with Crippen LogP contribution in [-0.4, -0.2) is 29.2 Å². The van der Waals surface area contributed by atoms with E-state index in [1.54, 1.807) is 6.20 Å². The van der Waals surface area contributed by atoms with Crippen LogP contribution in [0.3, 0.4) is 0 Å². The third kappa shape index (κ3) is 2.49. The molecule has 92 valence electrons. The number of nitrogens with zero attached hydrogens (tertiary/aromatic N) is 2. The predicted molar refractivity (Wildman–Crippen MR) is 62.0 cm³/mol. The van der Waals surface area contributed by atoms with Crippen LogP contribution in [0.25, 0.3) is 0 Å². The summed E-state index contributed by atoms with van der Waals surface area (Å²) in [4.78, 5) is 8.71. The van der Waals surface area contributed by atoms with Gasteiger partial charge in [0, 0.05) is 13.1 Å². The summed E-state index contributed by atoms with van der Waals surface area (Å²) in [6.45, 7) is 4.25. The van der Waals surface area contributed by atoms with Crippen molar-refractivity contribution < 1.29 is 9.47 Å². The molecule has 0 amide bonds. The first-order chi connectivity index (χ1) is 8.33. The Hall–Kier alpha value is -1.36. The molecule has 5 nitrogen and oxygen atoms in total. The number of aromatic nitrogens is 2. The Labute approximate surface area is 101 Å². The summed E-state index contributed by atoms with van der Waals surface area (Å²) in [6, 6.07) is 0. The smallest absolute Gasteiger partial charge is 0.240 e. The molecule has 17 heavy (non-hydrogen) atoms. The highest BCUT2D eigenvalue weighted by Gasteiger charge is 2.30. The molecule has 0 bridgehead atoms. The van der Waals surface area contributed by atoms with Crippen LogP contribution in [-0.2, 0) is 6.54 Å². The summed E-state index contributed by atoms with van der Waals surface area (Å²) in [7, 11) is 0. The van der Waals surface area contributed by atoms with Gasteiger partial charge in [0.05, 0.1) is 6.20 Å². The van der Waals surface area contributed by atoms with Crippen LogP contribution >= 0.6 is 0 Å². The molecule has 1 N–H and O–H groups in total. The van der Waals surface area contributed by atoms with Crippen LogP contribution in [0.15, 0.2) is 6.20 Å². The van der Waals surface area contributed by atoms with E-state index < -0.39 is 0 Å². The highest BCUT2D eigenvalue weighted by molar-refractivity contribution is 5.23. The van der Waals surface area contributed by atoms with Gasteiger partial charge in [-0.1, -0.05) is 0 Å². The van der Waals surface area contributed by atoms with Gasteiger partial charge in [0.1, 0.15) is 18.4 Å². The Bertz CT molecular complexity index is 407. The molecule has 3 rings (SSSR count). The van der Waals surface area contributed by atoms with Gasteiger partial charge in [-0.2, -0.15) is 4.98 Å². The van der Waals surface area contributed by atoms with Crippen molar-refractivity contribution in [3.05, 3.63) is 11.9 Å². The molecule has 1 atom stereocenters. The summed E-state index contributed by atoms with van der Waals surface area (Å²) in [5, 5.41) is 3.22. The number of rotatable bonds is 3. The van der Waals surface area contributed by atoms with E-state index in [-0.39, 0.29) is 6.10 Å². The van der Waals surface area contributed by atoms with Crippen molar-refractivity contribution in [3.8, 4) is 11.8 Å². The van der Waals surface area contributed by atoms with Crippen molar-refractivity contribution in [1.82, 2.24) is 15.3 Å². The van der Waals surface area contributed by atoms with E-state index in [1.165, 1.54) is 12.8 Å². The Morgan fingerprint density at radius 2 is 2.41 bits per heavy atom. The number of ether oxygens (including phenoxy) is 2. The van der Waals surface area contributed by atoms with Crippen LogP contribution in [0, 0.1) is 5.92 Å². The Balaban J connectivity index is 1.74. The third-order valence-corrected chi connectivity index (χ3v) is 3.19. The fourth-order valence-electron chi connectivity index (χ4n) is 1.95. The molecule has 0 saturated heterocycles. The molecule has 0 aromatic carbocycles. The van der Waals surface area contributed by atoms with Crippen LogP contribution in [0.2, 0.25) is 0 Å². The number of hydrogen-bond acceptors (Lipinski definition) is 5. The average molecular weight is 235 g/mol. The molecule has 1 aromatic heterocycles. The molecule has 1 aliphatic heterocycles. The van der Waals surface area contributed by atoms with Crippen LogP contribution < -0.4 is 14.8 Å². The van der Waals surface area contributed by atoms with Gasteiger partial charge in [0.2, 0.25) is 11.8 Å². The summed E-state index contributed by atoms with van der Waals surface area (Å²) in [5.74, 6) is 1.87. The summed E-state index contributed by atoms with van der Waals surface area (Å²) >= 11 is 0. The lowest BCUT2D eigenvalue weighted by molar-refractivity contribution is 0.185. The van der Waals surface area contributed by atoms with E-state index >= 15 is 0 Å². The number of nitrogens with one attached hydrogen (secondary N) is 1. The van der Waals surface area contributed by atoms with Crippen molar-refractivity contribution in [2.75, 3.05) is 13.2 Å². The molecule has 2 aliphatic rings. The largest absolute Gasteiger partial charge is 0.475 e. The molecule has 0 radical (unpaired) electrons. The fraction of sp³-hybridized carbons (Fsp3) is 0.667. The van der Waals surface area contributed by atoms with E-state index in [2.05, 4.69) is 22.2 Å². The van der Waals surface area contributed by atoms with Crippen molar-refractivity contribution in [1.29, 1.82) is 0 Å². The maximum Gasteiger partial charge on any atom is 0.240 e. The highest BCUT2D eigenvalue weighted by atomic mass is 16.5. The zero-order valence-corrected chi connectivity index (χ0v) is 9.98. The Morgan fingerprint density at radius 1 is 1.53 bits per heavy atom. The van der Waals surface area contributed by atoms with Gasteiger partial charge in [-0.15, -0.1) is 0 Å². The third-order valence-electron chi connectivity index (χ3n) is 3.19. The van der Waals surface area contributed by atoms with E-state index in [1.807, 2.05) is 0 Å². The fourth-order valence-corrected chi connectivity index (χ4v) is 1.95. The van der Waals surface area contributed by atoms with Crippen LogP contribution in [0.5, 0.6) is 11.8 Å². The average Bonchev–Trinajstić information content (AvgIpc) is 3.16. The van der Waals surface area contributed by atoms with E-state index in [4.69, 9.17) is 9.47 Å². The normalized spacial score (nSPS) is 21.0. The molecule has 0 spiro atoms. The minimum atomic E-state index is 0.228. The SMILES string of the molecule is C[C@@H](Oc1cnc2c(n1)OCCNC2)C1CC1. The van der Waals surface area contributed by atoms with Crippen molar-refractivity contribution in [2.45, 2.75) is 32.4 Å². The van der Waals surface area contributed by atoms with Gasteiger partial charge in [-0.25, -0.2) is 4.98 Å². The number of hydrogen-bond donors (Lipinski definition) is 1. The highest BCUT2D eigenvalue weighted by Crippen LogP contribution is 2.34. The van der Waals surface area contributed by atoms with Gasteiger partial charge in [-0.3, -0.25) is 0 Å². The lowest BCUT2D eigenvalue weighted by Crippen LogP contribution is -2.16.